The van der Waals surface area contributed by atoms with Crippen LogP contribution in [-0.4, -0.2) is 84.8 Å². The number of aliphatic hydroxyl groups is 1. The van der Waals surface area contributed by atoms with Crippen LogP contribution in [0.5, 0.6) is 0 Å². The van der Waals surface area contributed by atoms with E-state index in [9.17, 15) is 5.11 Å². The van der Waals surface area contributed by atoms with Gasteiger partial charge in [-0.2, -0.15) is 0 Å². The Hall–Kier alpha value is -0.160. The van der Waals surface area contributed by atoms with Crippen molar-refractivity contribution in [3.63, 3.8) is 0 Å². The Morgan fingerprint density at radius 1 is 1.00 bits per heavy atom. The van der Waals surface area contributed by atoms with E-state index in [1.54, 1.807) is 0 Å². The molecule has 0 amide bonds. The molecule has 0 saturated carbocycles. The number of likely N-dealkylation sites (N-methyl/N-ethyl adjacent to an activating group) is 1. The van der Waals surface area contributed by atoms with Gasteiger partial charge in [0.2, 0.25) is 0 Å². The van der Waals surface area contributed by atoms with Crippen LogP contribution < -0.4 is 0 Å². The van der Waals surface area contributed by atoms with Gasteiger partial charge in [0, 0.05) is 52.4 Å². The van der Waals surface area contributed by atoms with E-state index in [-0.39, 0.29) is 0 Å². The van der Waals surface area contributed by atoms with Crippen LogP contribution in [0.3, 0.4) is 0 Å². The van der Waals surface area contributed by atoms with Gasteiger partial charge in [0.15, 0.2) is 0 Å². The highest BCUT2D eigenvalue weighted by atomic mass is 16.3. The van der Waals surface area contributed by atoms with Crippen LogP contribution in [0.15, 0.2) is 0 Å². The first-order chi connectivity index (χ1) is 7.05. The molecule has 0 unspecified atom stereocenters. The molecule has 0 bridgehead atoms. The molecule has 0 aromatic heterocycles. The zero-order chi connectivity index (χ0) is 10.9. The van der Waals surface area contributed by atoms with Crippen molar-refractivity contribution in [3.8, 4) is 0 Å². The second kappa shape index (κ2) is 4.37. The second-order valence-corrected chi connectivity index (χ2v) is 5.35. The van der Waals surface area contributed by atoms with Gasteiger partial charge >= 0.3 is 0 Å². The Kier molecular flexibility index (Phi) is 3.30. The van der Waals surface area contributed by atoms with Crippen molar-refractivity contribution in [1.29, 1.82) is 0 Å². The van der Waals surface area contributed by atoms with Crippen LogP contribution in [0, 0.1) is 0 Å². The summed E-state index contributed by atoms with van der Waals surface area (Å²) in [5.41, 5.74) is -0.415. The highest BCUT2D eigenvalue weighted by Crippen LogP contribution is 2.18. The maximum Gasteiger partial charge on any atom is 0.0872 e. The largest absolute Gasteiger partial charge is 0.388 e. The predicted molar refractivity (Wildman–Crippen MR) is 61.0 cm³/mol. The first-order valence-electron chi connectivity index (χ1n) is 5.91. The summed E-state index contributed by atoms with van der Waals surface area (Å²) in [6.07, 6.45) is 0. The molecule has 2 heterocycles. The molecule has 2 fully saturated rings. The van der Waals surface area contributed by atoms with Crippen molar-refractivity contribution in [3.05, 3.63) is 0 Å². The number of rotatable bonds is 3. The van der Waals surface area contributed by atoms with Crippen molar-refractivity contribution in [2.75, 3.05) is 59.4 Å². The molecule has 2 aliphatic heterocycles. The van der Waals surface area contributed by atoms with Crippen LogP contribution in [0.25, 0.3) is 0 Å². The number of piperazine rings is 1. The number of β-amino-alcohol motifs (C(OH)–C–C–N with tert-alkyl or cyclic N) is 1. The van der Waals surface area contributed by atoms with Crippen LogP contribution in [0.1, 0.15) is 6.92 Å². The van der Waals surface area contributed by atoms with E-state index in [1.807, 2.05) is 6.92 Å². The van der Waals surface area contributed by atoms with Crippen LogP contribution in [-0.2, 0) is 0 Å². The summed E-state index contributed by atoms with van der Waals surface area (Å²) < 4.78 is 0. The van der Waals surface area contributed by atoms with E-state index < -0.39 is 5.60 Å². The van der Waals surface area contributed by atoms with E-state index in [0.29, 0.717) is 0 Å². The van der Waals surface area contributed by atoms with E-state index in [4.69, 9.17) is 0 Å². The maximum absolute atomic E-state index is 9.59. The summed E-state index contributed by atoms with van der Waals surface area (Å²) in [5.74, 6) is 0. The van der Waals surface area contributed by atoms with Crippen LogP contribution in [0.2, 0.25) is 0 Å². The lowest BCUT2D eigenvalue weighted by atomic mass is 9.97. The third-order valence-corrected chi connectivity index (χ3v) is 3.46. The van der Waals surface area contributed by atoms with Gasteiger partial charge in [-0.05, 0) is 14.0 Å². The van der Waals surface area contributed by atoms with E-state index in [2.05, 4.69) is 21.7 Å². The average molecular weight is 213 g/mol. The van der Waals surface area contributed by atoms with Gasteiger partial charge in [-0.1, -0.05) is 0 Å². The molecule has 0 spiro atoms. The zero-order valence-electron chi connectivity index (χ0n) is 9.95. The number of hydrogen-bond acceptors (Lipinski definition) is 4. The summed E-state index contributed by atoms with van der Waals surface area (Å²) in [6, 6.07) is 0. The van der Waals surface area contributed by atoms with Crippen LogP contribution >= 0.6 is 0 Å². The van der Waals surface area contributed by atoms with Gasteiger partial charge in [-0.3, -0.25) is 9.80 Å². The molecule has 15 heavy (non-hydrogen) atoms. The molecule has 1 N–H and O–H groups in total. The first-order valence-corrected chi connectivity index (χ1v) is 5.91. The molecular formula is C11H23N3O. The third kappa shape index (κ3) is 3.14. The normalized spacial score (nSPS) is 29.0. The summed E-state index contributed by atoms with van der Waals surface area (Å²) in [4.78, 5) is 7.23. The zero-order valence-corrected chi connectivity index (χ0v) is 9.95. The minimum absolute atomic E-state index is 0.415. The molecule has 4 heteroatoms. The van der Waals surface area contributed by atoms with Gasteiger partial charge in [-0.25, -0.2) is 0 Å². The molecule has 0 aliphatic carbocycles. The maximum atomic E-state index is 9.59. The van der Waals surface area contributed by atoms with Crippen molar-refractivity contribution >= 4 is 0 Å². The standard InChI is InChI=1S/C11H23N3O/c1-11(15)9-14(10-11)8-7-13-5-3-12(2)4-6-13/h15H,3-10H2,1-2H3. The molecule has 0 aromatic carbocycles. The van der Waals surface area contributed by atoms with E-state index >= 15 is 0 Å². The monoisotopic (exact) mass is 213 g/mol. The molecule has 0 aromatic rings. The fourth-order valence-corrected chi connectivity index (χ4v) is 2.43. The van der Waals surface area contributed by atoms with Gasteiger partial charge in [-0.15, -0.1) is 0 Å². The van der Waals surface area contributed by atoms with E-state index in [0.717, 1.165) is 26.2 Å². The summed E-state index contributed by atoms with van der Waals surface area (Å²) in [6.45, 7) is 10.7. The molecule has 2 aliphatic rings. The van der Waals surface area contributed by atoms with Crippen molar-refractivity contribution in [2.45, 2.75) is 12.5 Å². The second-order valence-electron chi connectivity index (χ2n) is 5.35. The number of nitrogens with zero attached hydrogens (tertiary/aromatic N) is 3. The Labute approximate surface area is 92.5 Å². The minimum atomic E-state index is -0.415. The first kappa shape index (κ1) is 11.3. The van der Waals surface area contributed by atoms with E-state index in [1.165, 1.54) is 26.2 Å². The van der Waals surface area contributed by atoms with Gasteiger partial charge < -0.3 is 10.0 Å². The van der Waals surface area contributed by atoms with Gasteiger partial charge in [0.1, 0.15) is 0 Å². The summed E-state index contributed by atoms with van der Waals surface area (Å²) in [7, 11) is 2.18. The average Bonchev–Trinajstić information content (AvgIpc) is 2.14. The van der Waals surface area contributed by atoms with Gasteiger partial charge in [0.25, 0.3) is 0 Å². The summed E-state index contributed by atoms with van der Waals surface area (Å²) >= 11 is 0. The topological polar surface area (TPSA) is 30.0 Å². The molecule has 88 valence electrons. The fourth-order valence-electron chi connectivity index (χ4n) is 2.43. The lowest BCUT2D eigenvalue weighted by molar-refractivity contribution is -0.0856. The Bertz CT molecular complexity index is 204. The highest BCUT2D eigenvalue weighted by molar-refractivity contribution is 4.91. The SMILES string of the molecule is CN1CCN(CCN2CC(C)(O)C2)CC1. The predicted octanol–water partition coefficient (Wildman–Crippen LogP) is -0.700. The van der Waals surface area contributed by atoms with Gasteiger partial charge in [0.05, 0.1) is 5.60 Å². The fraction of sp³-hybridized carbons (Fsp3) is 1.00. The smallest absolute Gasteiger partial charge is 0.0872 e. The Morgan fingerprint density at radius 3 is 2.07 bits per heavy atom. The Balaban J connectivity index is 1.59. The van der Waals surface area contributed by atoms with Crippen molar-refractivity contribution in [1.82, 2.24) is 14.7 Å². The summed E-state index contributed by atoms with van der Waals surface area (Å²) in [5, 5.41) is 9.59. The molecular weight excluding hydrogens is 190 g/mol. The molecule has 0 radical (unpaired) electrons. The third-order valence-electron chi connectivity index (χ3n) is 3.46. The van der Waals surface area contributed by atoms with Crippen LogP contribution in [0.4, 0.5) is 0 Å². The van der Waals surface area contributed by atoms with Crippen molar-refractivity contribution in [2.24, 2.45) is 0 Å². The molecule has 0 atom stereocenters. The molecule has 2 rings (SSSR count). The number of likely N-dealkylation sites (tertiary alicyclic amines) is 1. The lowest BCUT2D eigenvalue weighted by Gasteiger charge is -2.45. The Morgan fingerprint density at radius 2 is 1.53 bits per heavy atom. The quantitative estimate of drug-likeness (QED) is 0.671. The molecule has 2 saturated heterocycles. The number of hydrogen-bond donors (Lipinski definition) is 1. The minimum Gasteiger partial charge on any atom is -0.388 e. The van der Waals surface area contributed by atoms with Crippen molar-refractivity contribution < 1.29 is 5.11 Å². The highest BCUT2D eigenvalue weighted by Gasteiger charge is 2.35. The lowest BCUT2D eigenvalue weighted by Crippen LogP contribution is -2.61. The molecule has 4 nitrogen and oxygen atoms in total.